The van der Waals surface area contributed by atoms with Crippen molar-refractivity contribution in [2.45, 2.75) is 27.3 Å². The minimum atomic E-state index is -1.03. The van der Waals surface area contributed by atoms with Crippen LogP contribution in [0.5, 0.6) is 5.95 Å². The molecule has 4 heterocycles. The smallest absolute Gasteiger partial charge is 0.322 e. The van der Waals surface area contributed by atoms with Gasteiger partial charge in [-0.05, 0) is 36.4 Å². The number of aliphatic carboxylic acids is 1. The molecule has 0 aliphatic carbocycles. The van der Waals surface area contributed by atoms with Crippen LogP contribution in [0.25, 0.3) is 44.1 Å². The molecule has 0 spiro atoms. The second-order valence-electron chi connectivity index (χ2n) is 10.9. The third-order valence-electron chi connectivity index (χ3n) is 6.89. The van der Waals surface area contributed by atoms with Gasteiger partial charge >= 0.3 is 11.9 Å². The molecule has 0 saturated heterocycles. The van der Waals surface area contributed by atoms with Crippen molar-refractivity contribution in [3.05, 3.63) is 132 Å². The summed E-state index contributed by atoms with van der Waals surface area (Å²) in [5.74, 6) is -1.16. The molecule has 0 bridgehead atoms. The van der Waals surface area contributed by atoms with Crippen molar-refractivity contribution in [2.75, 3.05) is 6.54 Å². The molecule has 0 radical (unpaired) electrons. The summed E-state index contributed by atoms with van der Waals surface area (Å²) in [6.07, 6.45) is 1.50. The molecule has 260 valence electrons. The van der Waals surface area contributed by atoms with Gasteiger partial charge in [-0.2, -0.15) is 4.73 Å². The van der Waals surface area contributed by atoms with Gasteiger partial charge in [0.1, 0.15) is 6.54 Å². The molecule has 0 saturated carbocycles. The number of amides is 2. The first-order chi connectivity index (χ1) is 24.5. The number of fused-ring (bicyclic) bond motifs is 3. The molecule has 0 unspecified atom stereocenters. The fourth-order valence-corrected chi connectivity index (χ4v) is 4.54. The Hall–Kier alpha value is -6.89. The predicted octanol–water partition coefficient (Wildman–Crippen LogP) is 5.46. The molecule has 13 nitrogen and oxygen atoms in total. The van der Waals surface area contributed by atoms with Crippen molar-refractivity contribution in [3.8, 4) is 17.3 Å². The van der Waals surface area contributed by atoms with E-state index in [1.54, 1.807) is 13.0 Å². The largest absolute Gasteiger partial charge is 0.618 e. The Morgan fingerprint density at radius 3 is 1.86 bits per heavy atom. The van der Waals surface area contributed by atoms with Gasteiger partial charge in [0.05, 0.1) is 29.0 Å². The minimum Gasteiger partial charge on any atom is -0.618 e. The number of nitrogens with zero attached hydrogens (tertiary/aromatic N) is 4. The third-order valence-corrected chi connectivity index (χ3v) is 6.89. The second-order valence-corrected chi connectivity index (χ2v) is 10.9. The van der Waals surface area contributed by atoms with Gasteiger partial charge in [-0.3, -0.25) is 19.4 Å². The SMILES string of the molecule is CC(=O)NCC(=O)O.CC(=O)NCc1ccc2ccccc2n1.Cc1nc(-c2ccc3ccccc3n2)c(O)o1.[O-][n+]1cccc2ccccc21. The Morgan fingerprint density at radius 1 is 0.725 bits per heavy atom. The van der Waals surface area contributed by atoms with Gasteiger partial charge in [0.2, 0.25) is 17.3 Å². The maximum atomic E-state index is 11.1. The van der Waals surface area contributed by atoms with E-state index in [1.807, 2.05) is 103 Å². The first kappa shape index (κ1) is 36.9. The summed E-state index contributed by atoms with van der Waals surface area (Å²) in [4.78, 5) is 43.4. The van der Waals surface area contributed by atoms with E-state index < -0.39 is 5.97 Å². The van der Waals surface area contributed by atoms with Crippen LogP contribution in [0.4, 0.5) is 0 Å². The summed E-state index contributed by atoms with van der Waals surface area (Å²) in [6.45, 7) is 4.64. The number of oxazole rings is 1. The molecule has 7 aromatic rings. The quantitative estimate of drug-likeness (QED) is 0.133. The number of pyridine rings is 3. The molecule has 7 rings (SSSR count). The fraction of sp³-hybridized carbons (Fsp3) is 0.132. The molecule has 0 fully saturated rings. The topological polar surface area (TPSA) is 194 Å². The summed E-state index contributed by atoms with van der Waals surface area (Å²) in [5.41, 5.74) is 4.41. The number of nitrogens with one attached hydrogen (secondary N) is 2. The highest BCUT2D eigenvalue weighted by Crippen LogP contribution is 2.28. The van der Waals surface area contributed by atoms with E-state index in [-0.39, 0.29) is 24.3 Å². The lowest BCUT2D eigenvalue weighted by Gasteiger charge is -2.03. The van der Waals surface area contributed by atoms with Crippen molar-refractivity contribution in [2.24, 2.45) is 0 Å². The number of aryl methyl sites for hydroxylation is 1. The van der Waals surface area contributed by atoms with E-state index >= 15 is 0 Å². The van der Waals surface area contributed by atoms with Crippen LogP contribution >= 0.6 is 0 Å². The summed E-state index contributed by atoms with van der Waals surface area (Å²) in [5, 5.41) is 36.6. The Morgan fingerprint density at radius 2 is 1.29 bits per heavy atom. The second kappa shape index (κ2) is 18.0. The van der Waals surface area contributed by atoms with E-state index in [0.717, 1.165) is 43.1 Å². The Labute approximate surface area is 292 Å². The normalized spacial score (nSPS) is 10.1. The number of carboxylic acids is 1. The lowest BCUT2D eigenvalue weighted by Crippen LogP contribution is -2.26. The van der Waals surface area contributed by atoms with Crippen LogP contribution in [0.3, 0.4) is 0 Å². The van der Waals surface area contributed by atoms with E-state index in [4.69, 9.17) is 9.52 Å². The predicted molar refractivity (Wildman–Crippen MR) is 192 cm³/mol. The van der Waals surface area contributed by atoms with Crippen molar-refractivity contribution in [1.82, 2.24) is 25.6 Å². The molecule has 3 aromatic carbocycles. The van der Waals surface area contributed by atoms with Crippen molar-refractivity contribution < 1.29 is 33.7 Å². The minimum absolute atomic E-state index is 0.0371. The highest BCUT2D eigenvalue weighted by atomic mass is 16.5. The number of hydrogen-bond donors (Lipinski definition) is 4. The number of aromatic hydroxyl groups is 1. The van der Waals surface area contributed by atoms with Crippen LogP contribution in [-0.2, 0) is 20.9 Å². The zero-order valence-electron chi connectivity index (χ0n) is 28.1. The Balaban J connectivity index is 0.000000158. The zero-order valence-corrected chi connectivity index (χ0v) is 28.1. The highest BCUT2D eigenvalue weighted by molar-refractivity contribution is 5.82. The van der Waals surface area contributed by atoms with Gasteiger partial charge < -0.3 is 30.5 Å². The molecule has 4 aromatic heterocycles. The first-order valence-corrected chi connectivity index (χ1v) is 15.6. The molecule has 4 N–H and O–H groups in total. The molecule has 13 heteroatoms. The standard InChI is InChI=1S/C13H10N2O2.C12H12N2O.C9H7NO.C4H7NO3/c1-8-14-12(13(16)17-8)11-7-6-9-4-2-3-5-10(9)15-11;1-9(15)13-8-11-7-6-10-4-2-3-5-12(10)14-11;11-10-7-3-5-8-4-1-2-6-9(8)10;1-3(6)5-2-4(7)8/h2-7,16H,1H3;2-7H,8H2,1H3,(H,13,15);1-7H;2H2,1H3,(H,5,6)(H,7,8). The number of carbonyl (C=O) groups is 3. The van der Waals surface area contributed by atoms with Crippen molar-refractivity contribution in [3.63, 3.8) is 0 Å². The Kier molecular flexibility index (Phi) is 13.1. The van der Waals surface area contributed by atoms with Gasteiger partial charge in [0.15, 0.2) is 17.8 Å². The van der Waals surface area contributed by atoms with Gasteiger partial charge in [0.25, 0.3) is 0 Å². The fourth-order valence-electron chi connectivity index (χ4n) is 4.54. The first-order valence-electron chi connectivity index (χ1n) is 15.6. The number of carbonyl (C=O) groups excluding carboxylic acids is 2. The molecular weight excluding hydrogens is 652 g/mol. The lowest BCUT2D eigenvalue weighted by molar-refractivity contribution is -0.577. The number of para-hydroxylation sites is 3. The van der Waals surface area contributed by atoms with Crippen molar-refractivity contribution >= 4 is 50.5 Å². The summed E-state index contributed by atoms with van der Waals surface area (Å²) < 4.78 is 5.86. The molecule has 0 aliphatic rings. The van der Waals surface area contributed by atoms with Crippen molar-refractivity contribution in [1.29, 1.82) is 0 Å². The molecular formula is C38H36N6O7. The monoisotopic (exact) mass is 688 g/mol. The molecule has 2 amide bonds. The maximum Gasteiger partial charge on any atom is 0.322 e. The molecule has 0 atom stereocenters. The lowest BCUT2D eigenvalue weighted by atomic mass is 10.2. The van der Waals surface area contributed by atoms with Crippen LogP contribution < -0.4 is 15.4 Å². The number of carboxylic acid groups (broad SMARTS) is 1. The van der Waals surface area contributed by atoms with Gasteiger partial charge in [0, 0.05) is 49.1 Å². The van der Waals surface area contributed by atoms with Gasteiger partial charge in [-0.25, -0.2) is 9.97 Å². The van der Waals surface area contributed by atoms with E-state index in [1.165, 1.54) is 20.0 Å². The summed E-state index contributed by atoms with van der Waals surface area (Å²) >= 11 is 0. The molecule has 51 heavy (non-hydrogen) atoms. The Bertz CT molecular complexity index is 2250. The highest BCUT2D eigenvalue weighted by Gasteiger charge is 2.13. The molecule has 0 aliphatic heterocycles. The average Bonchev–Trinajstić information content (AvgIpc) is 3.48. The van der Waals surface area contributed by atoms with Crippen LogP contribution in [0, 0.1) is 12.1 Å². The van der Waals surface area contributed by atoms with Gasteiger partial charge in [-0.15, -0.1) is 0 Å². The summed E-state index contributed by atoms with van der Waals surface area (Å²) in [7, 11) is 0. The zero-order chi connectivity index (χ0) is 36.8. The maximum absolute atomic E-state index is 11.1. The van der Waals surface area contributed by atoms with Gasteiger partial charge in [-0.1, -0.05) is 60.7 Å². The summed E-state index contributed by atoms with van der Waals surface area (Å²) in [6, 6.07) is 34.6. The number of aromatic nitrogens is 4. The van der Waals surface area contributed by atoms with E-state index in [9.17, 15) is 24.7 Å². The van der Waals surface area contributed by atoms with Crippen LogP contribution in [0.2, 0.25) is 0 Å². The van der Waals surface area contributed by atoms with Crippen LogP contribution in [-0.4, -0.2) is 49.5 Å². The van der Waals surface area contributed by atoms with Crippen LogP contribution in [0.15, 0.2) is 120 Å². The number of hydrogen-bond acceptors (Lipinski definition) is 9. The van der Waals surface area contributed by atoms with Crippen LogP contribution in [0.1, 0.15) is 25.4 Å². The third kappa shape index (κ3) is 11.4. The van der Waals surface area contributed by atoms with E-state index in [2.05, 4.69) is 25.6 Å². The average molecular weight is 689 g/mol. The number of benzene rings is 3. The number of rotatable bonds is 5. The van der Waals surface area contributed by atoms with E-state index in [0.29, 0.717) is 23.8 Å².